The topological polar surface area (TPSA) is 76.0 Å². The van der Waals surface area contributed by atoms with Crippen LogP contribution in [0.2, 0.25) is 0 Å². The number of amides is 2. The van der Waals surface area contributed by atoms with Crippen molar-refractivity contribution in [1.82, 2.24) is 4.90 Å². The molecule has 0 saturated carbocycles. The van der Waals surface area contributed by atoms with E-state index in [9.17, 15) is 18.8 Å². The first-order valence-electron chi connectivity index (χ1n) is 7.44. The average molecular weight is 353 g/mol. The molecule has 6 nitrogen and oxygen atoms in total. The summed E-state index contributed by atoms with van der Waals surface area (Å²) in [7, 11) is 1.20. The zero-order valence-corrected chi connectivity index (χ0v) is 13.6. The summed E-state index contributed by atoms with van der Waals surface area (Å²) >= 11 is 5.94. The minimum absolute atomic E-state index is 0.0677. The van der Waals surface area contributed by atoms with E-state index in [1.807, 2.05) is 0 Å². The van der Waals surface area contributed by atoms with Crippen LogP contribution in [0.25, 0.3) is 0 Å². The van der Waals surface area contributed by atoms with Gasteiger partial charge in [0.25, 0.3) is 11.8 Å². The summed E-state index contributed by atoms with van der Waals surface area (Å²) in [5.74, 6) is -1.08. The lowest BCUT2D eigenvalue weighted by atomic mass is 9.93. The number of halogens is 2. The van der Waals surface area contributed by atoms with Gasteiger partial charge in [-0.1, -0.05) is 16.8 Å². The van der Waals surface area contributed by atoms with Gasteiger partial charge in [-0.25, -0.2) is 9.29 Å². The third-order valence-corrected chi connectivity index (χ3v) is 4.66. The maximum atomic E-state index is 14.9. The molecule has 0 radical (unpaired) electrons. The number of hydrogen-bond acceptors (Lipinski definition) is 5. The van der Waals surface area contributed by atoms with Crippen molar-refractivity contribution in [1.29, 1.82) is 0 Å². The van der Waals surface area contributed by atoms with Crippen LogP contribution < -0.4 is 0 Å². The molecule has 8 heteroatoms. The number of alkyl halides is 1. The summed E-state index contributed by atoms with van der Waals surface area (Å²) in [5, 5.41) is 3.29. The quantitative estimate of drug-likeness (QED) is 0.443. The van der Waals surface area contributed by atoms with Crippen molar-refractivity contribution >= 4 is 35.4 Å². The van der Waals surface area contributed by atoms with Gasteiger partial charge in [0, 0.05) is 16.7 Å². The molecule has 0 aromatic carbocycles. The van der Waals surface area contributed by atoms with Gasteiger partial charge in [0.2, 0.25) is 0 Å². The minimum Gasteiger partial charge on any atom is -0.399 e. The number of rotatable bonds is 3. The van der Waals surface area contributed by atoms with Gasteiger partial charge in [0.15, 0.2) is 12.5 Å². The lowest BCUT2D eigenvalue weighted by Crippen LogP contribution is -2.39. The molecule has 1 atom stereocenters. The van der Waals surface area contributed by atoms with E-state index in [1.165, 1.54) is 7.11 Å². The van der Waals surface area contributed by atoms with Gasteiger partial charge >= 0.3 is 0 Å². The number of hydrogen-bond donors (Lipinski definition) is 0. The highest BCUT2D eigenvalue weighted by Gasteiger charge is 2.45. The van der Waals surface area contributed by atoms with Crippen LogP contribution in [0.15, 0.2) is 38.7 Å². The molecular weight excluding hydrogens is 339 g/mol. The molecule has 0 saturated heterocycles. The zero-order chi connectivity index (χ0) is 17.4. The van der Waals surface area contributed by atoms with Gasteiger partial charge in [-0.15, -0.1) is 0 Å². The highest BCUT2D eigenvalue weighted by atomic mass is 35.5. The van der Waals surface area contributed by atoms with Crippen molar-refractivity contribution in [3.63, 3.8) is 0 Å². The molecule has 24 heavy (non-hydrogen) atoms. The lowest BCUT2D eigenvalue weighted by Gasteiger charge is -2.26. The van der Waals surface area contributed by atoms with E-state index >= 15 is 0 Å². The molecule has 126 valence electrons. The Balaban J connectivity index is 2.06. The first-order valence-corrected chi connectivity index (χ1v) is 7.81. The highest BCUT2D eigenvalue weighted by molar-refractivity contribution is 6.46. The van der Waals surface area contributed by atoms with Gasteiger partial charge < -0.3 is 4.84 Å². The van der Waals surface area contributed by atoms with Crippen LogP contribution in [-0.2, 0) is 19.2 Å². The molecule has 0 aromatic rings. The van der Waals surface area contributed by atoms with Crippen molar-refractivity contribution in [2.75, 3.05) is 7.11 Å². The van der Waals surface area contributed by atoms with E-state index in [0.717, 1.165) is 23.8 Å². The van der Waals surface area contributed by atoms with E-state index in [0.29, 0.717) is 30.3 Å². The Hall–Kier alpha value is -2.28. The second kappa shape index (κ2) is 6.32. The molecule has 3 aliphatic rings. The van der Waals surface area contributed by atoms with Crippen LogP contribution in [-0.4, -0.2) is 42.0 Å². The van der Waals surface area contributed by atoms with Crippen LogP contribution in [0, 0.1) is 0 Å². The molecule has 0 spiro atoms. The second-order valence-electron chi connectivity index (χ2n) is 5.59. The maximum absolute atomic E-state index is 14.9. The molecule has 2 amide bonds. The number of imide groups is 1. The third kappa shape index (κ3) is 2.39. The number of carbonyl (C=O) groups excluding carboxylic acids is 3. The molecule has 3 rings (SSSR count). The predicted octanol–water partition coefficient (Wildman–Crippen LogP) is 2.16. The van der Waals surface area contributed by atoms with Crippen LogP contribution in [0.3, 0.4) is 0 Å². The minimum atomic E-state index is -1.95. The molecule has 0 aromatic heterocycles. The molecule has 1 unspecified atom stereocenters. The van der Waals surface area contributed by atoms with Gasteiger partial charge in [0.1, 0.15) is 12.8 Å². The summed E-state index contributed by atoms with van der Waals surface area (Å²) in [6, 6.07) is 0. The van der Waals surface area contributed by atoms with Crippen LogP contribution in [0.4, 0.5) is 4.39 Å². The SMILES string of the molecule is CON=C1C(Cl)=C(C=O)C=C(N2C(=O)C3=C(CCCC3)C2=O)C1F. The third-order valence-electron chi connectivity index (χ3n) is 4.25. The van der Waals surface area contributed by atoms with E-state index in [1.54, 1.807) is 0 Å². The van der Waals surface area contributed by atoms with Crippen molar-refractivity contribution in [2.24, 2.45) is 5.16 Å². The molecule has 0 bridgehead atoms. The summed E-state index contributed by atoms with van der Waals surface area (Å²) in [5.41, 5.74) is 0.184. The molecule has 0 fully saturated rings. The Morgan fingerprint density at radius 3 is 2.38 bits per heavy atom. The Labute approximate surface area is 142 Å². The Kier molecular flexibility index (Phi) is 4.36. The van der Waals surface area contributed by atoms with Gasteiger partial charge in [-0.3, -0.25) is 14.4 Å². The average Bonchev–Trinajstić information content (AvgIpc) is 2.84. The summed E-state index contributed by atoms with van der Waals surface area (Å²) in [6.45, 7) is 0. The Morgan fingerprint density at radius 2 is 1.88 bits per heavy atom. The number of nitrogens with zero attached hydrogens (tertiary/aromatic N) is 2. The first kappa shape index (κ1) is 16.6. The summed E-state index contributed by atoms with van der Waals surface area (Å²) < 4.78 is 14.9. The van der Waals surface area contributed by atoms with Crippen molar-refractivity contribution in [3.8, 4) is 0 Å². The molecular formula is C16H14ClFN2O4. The molecule has 1 aliphatic heterocycles. The van der Waals surface area contributed by atoms with E-state index in [4.69, 9.17) is 11.6 Å². The zero-order valence-electron chi connectivity index (χ0n) is 12.8. The Morgan fingerprint density at radius 1 is 1.29 bits per heavy atom. The fraction of sp³-hybridized carbons (Fsp3) is 0.375. The Bertz CT molecular complexity index is 738. The van der Waals surface area contributed by atoms with Crippen LogP contribution in [0.1, 0.15) is 25.7 Å². The van der Waals surface area contributed by atoms with Crippen molar-refractivity contribution in [3.05, 3.63) is 33.5 Å². The summed E-state index contributed by atoms with van der Waals surface area (Å²) in [4.78, 5) is 41.7. The largest absolute Gasteiger partial charge is 0.399 e. The van der Waals surface area contributed by atoms with Gasteiger partial charge in [-0.05, 0) is 31.8 Å². The van der Waals surface area contributed by atoms with Crippen molar-refractivity contribution in [2.45, 2.75) is 31.9 Å². The van der Waals surface area contributed by atoms with E-state index < -0.39 is 18.0 Å². The fourth-order valence-electron chi connectivity index (χ4n) is 3.12. The number of allylic oxidation sites excluding steroid dienone is 4. The number of aldehydes is 1. The van der Waals surface area contributed by atoms with E-state index in [-0.39, 0.29) is 22.0 Å². The fourth-order valence-corrected chi connectivity index (χ4v) is 3.35. The normalized spacial score (nSPS) is 26.1. The summed E-state index contributed by atoms with van der Waals surface area (Å²) in [6.07, 6.45) is 2.20. The second-order valence-corrected chi connectivity index (χ2v) is 5.97. The van der Waals surface area contributed by atoms with Crippen LogP contribution >= 0.6 is 11.6 Å². The highest BCUT2D eigenvalue weighted by Crippen LogP contribution is 2.38. The lowest BCUT2D eigenvalue weighted by molar-refractivity contribution is -0.135. The monoisotopic (exact) mass is 352 g/mol. The molecule has 2 aliphatic carbocycles. The molecule has 1 heterocycles. The standard InChI is InChI=1S/C16H14ClFN2O4/c1-24-19-14-12(17)8(7-21)6-11(13(14)18)20-15(22)9-4-2-3-5-10(9)16(20)23/h6-7,13H,2-5H2,1H3. The van der Waals surface area contributed by atoms with Gasteiger partial charge in [-0.2, -0.15) is 0 Å². The maximum Gasteiger partial charge on any atom is 0.261 e. The first-order chi connectivity index (χ1) is 11.5. The van der Waals surface area contributed by atoms with E-state index in [2.05, 4.69) is 9.99 Å². The molecule has 0 N–H and O–H groups in total. The number of carbonyl (C=O) groups is 3. The van der Waals surface area contributed by atoms with Gasteiger partial charge in [0.05, 0.1) is 10.7 Å². The predicted molar refractivity (Wildman–Crippen MR) is 83.7 cm³/mol. The van der Waals surface area contributed by atoms with Crippen molar-refractivity contribution < 1.29 is 23.6 Å². The van der Waals surface area contributed by atoms with Crippen LogP contribution in [0.5, 0.6) is 0 Å². The smallest absolute Gasteiger partial charge is 0.261 e. The number of oxime groups is 1.